The minimum absolute atomic E-state index is 0.0534. The molecule has 2 aromatic carbocycles. The zero-order valence-corrected chi connectivity index (χ0v) is 26.3. The number of carbonyl (C=O) groups is 2. The molecule has 0 aliphatic carbocycles. The number of rotatable bonds is 13. The van der Waals surface area contributed by atoms with Gasteiger partial charge in [-0.3, -0.25) is 9.59 Å². The number of benzene rings is 2. The summed E-state index contributed by atoms with van der Waals surface area (Å²) in [5, 5.41) is 6.28. The summed E-state index contributed by atoms with van der Waals surface area (Å²) in [6, 6.07) is 17.9. The largest absolute Gasteiger partial charge is 0.496 e. The number of ether oxygens (including phenoxy) is 2. The molecule has 2 N–H and O–H groups in total. The first-order valence-corrected chi connectivity index (χ1v) is 15.8. The standard InChI is InChI=1S/C35H45N5O4/c1-5-39(6-2)17-18-44-30-10-7-9-25(19-30)22-37-34(41)26-13-16-33(36-23-26)40-28-14-15-29(40)21-27(20-28)38-35(42)31-11-8-12-32(43-4)24(31)3/h7-13,16,19,23,27-29H,5-6,14-15,17-18,20-22H2,1-4H3,(H,37,41)(H,38,42)/t27-,28+,29-. The van der Waals surface area contributed by atoms with Crippen molar-refractivity contribution in [2.45, 2.75) is 71.1 Å². The van der Waals surface area contributed by atoms with Crippen LogP contribution in [-0.4, -0.2) is 73.2 Å². The van der Waals surface area contributed by atoms with Gasteiger partial charge in [-0.05, 0) is 87.7 Å². The molecule has 2 aliphatic rings. The molecule has 2 aliphatic heterocycles. The van der Waals surface area contributed by atoms with E-state index in [1.165, 1.54) is 0 Å². The Kier molecular flexibility index (Phi) is 10.4. The summed E-state index contributed by atoms with van der Waals surface area (Å²) < 4.78 is 11.3. The molecular formula is C35H45N5O4. The van der Waals surface area contributed by atoms with Gasteiger partial charge in [0.05, 0.1) is 12.7 Å². The summed E-state index contributed by atoms with van der Waals surface area (Å²) in [7, 11) is 1.62. The molecule has 0 radical (unpaired) electrons. The van der Waals surface area contributed by atoms with Crippen LogP contribution in [0.3, 0.4) is 0 Å². The normalized spacial score (nSPS) is 19.1. The Labute approximate surface area is 260 Å². The molecule has 3 heterocycles. The van der Waals surface area contributed by atoms with Crippen LogP contribution in [0.5, 0.6) is 11.5 Å². The molecule has 2 saturated heterocycles. The smallest absolute Gasteiger partial charge is 0.253 e. The molecule has 3 aromatic rings. The first-order chi connectivity index (χ1) is 21.4. The Bertz CT molecular complexity index is 1410. The van der Waals surface area contributed by atoms with E-state index in [4.69, 9.17) is 14.5 Å². The third-order valence-electron chi connectivity index (χ3n) is 9.01. The Morgan fingerprint density at radius 2 is 1.75 bits per heavy atom. The van der Waals surface area contributed by atoms with Crippen molar-refractivity contribution in [2.24, 2.45) is 0 Å². The highest BCUT2D eigenvalue weighted by molar-refractivity contribution is 5.96. The van der Waals surface area contributed by atoms with Gasteiger partial charge < -0.3 is 29.9 Å². The second kappa shape index (κ2) is 14.6. The fourth-order valence-corrected chi connectivity index (χ4v) is 6.55. The first kappa shape index (κ1) is 31.3. The number of pyridine rings is 1. The topological polar surface area (TPSA) is 96.0 Å². The molecular weight excluding hydrogens is 554 g/mol. The minimum atomic E-state index is -0.158. The highest BCUT2D eigenvalue weighted by Gasteiger charge is 2.42. The highest BCUT2D eigenvalue weighted by Crippen LogP contribution is 2.38. The van der Waals surface area contributed by atoms with E-state index in [9.17, 15) is 9.59 Å². The summed E-state index contributed by atoms with van der Waals surface area (Å²) in [5.41, 5.74) is 3.02. The predicted molar refractivity (Wildman–Crippen MR) is 173 cm³/mol. The second-order valence-electron chi connectivity index (χ2n) is 11.7. The van der Waals surface area contributed by atoms with Gasteiger partial charge in [0.15, 0.2) is 0 Å². The number of likely N-dealkylation sites (N-methyl/N-ethyl adjacent to an activating group) is 1. The van der Waals surface area contributed by atoms with Crippen molar-refractivity contribution in [3.05, 3.63) is 83.0 Å². The third kappa shape index (κ3) is 7.33. The Balaban J connectivity index is 1.13. The zero-order chi connectivity index (χ0) is 31.1. The summed E-state index contributed by atoms with van der Waals surface area (Å²) in [6.45, 7) is 10.2. The van der Waals surface area contributed by atoms with Gasteiger partial charge in [-0.25, -0.2) is 4.98 Å². The molecule has 2 bridgehead atoms. The maximum Gasteiger partial charge on any atom is 0.253 e. The average Bonchev–Trinajstić information content (AvgIpc) is 3.31. The van der Waals surface area contributed by atoms with Crippen LogP contribution in [-0.2, 0) is 6.54 Å². The molecule has 0 unspecified atom stereocenters. The monoisotopic (exact) mass is 599 g/mol. The van der Waals surface area contributed by atoms with Crippen molar-refractivity contribution >= 4 is 17.6 Å². The van der Waals surface area contributed by atoms with Crippen molar-refractivity contribution in [1.82, 2.24) is 20.5 Å². The molecule has 2 amide bonds. The van der Waals surface area contributed by atoms with Crippen LogP contribution >= 0.6 is 0 Å². The van der Waals surface area contributed by atoms with Crippen LogP contribution in [0.4, 0.5) is 5.82 Å². The second-order valence-corrected chi connectivity index (χ2v) is 11.7. The van der Waals surface area contributed by atoms with Crippen LogP contribution < -0.4 is 25.0 Å². The number of anilines is 1. The van der Waals surface area contributed by atoms with E-state index in [1.54, 1.807) is 13.3 Å². The molecule has 9 nitrogen and oxygen atoms in total. The molecule has 5 rings (SSSR count). The van der Waals surface area contributed by atoms with Gasteiger partial charge in [0, 0.05) is 48.5 Å². The lowest BCUT2D eigenvalue weighted by Gasteiger charge is -2.40. The van der Waals surface area contributed by atoms with Gasteiger partial charge in [0.2, 0.25) is 0 Å². The van der Waals surface area contributed by atoms with Crippen LogP contribution in [0.2, 0.25) is 0 Å². The molecule has 0 spiro atoms. The summed E-state index contributed by atoms with van der Waals surface area (Å²) in [5.74, 6) is 2.20. The van der Waals surface area contributed by atoms with Crippen LogP contribution in [0, 0.1) is 6.92 Å². The first-order valence-electron chi connectivity index (χ1n) is 15.8. The number of aromatic nitrogens is 1. The van der Waals surface area contributed by atoms with Gasteiger partial charge >= 0.3 is 0 Å². The number of fused-ring (bicyclic) bond motifs is 2. The average molecular weight is 600 g/mol. The maximum atomic E-state index is 13.1. The fourth-order valence-electron chi connectivity index (χ4n) is 6.55. The van der Waals surface area contributed by atoms with Crippen LogP contribution in [0.1, 0.15) is 71.4 Å². The van der Waals surface area contributed by atoms with Gasteiger partial charge in [-0.1, -0.05) is 32.0 Å². The van der Waals surface area contributed by atoms with Crippen molar-refractivity contribution in [2.75, 3.05) is 38.3 Å². The van der Waals surface area contributed by atoms with Crippen molar-refractivity contribution in [1.29, 1.82) is 0 Å². The Hall–Kier alpha value is -4.11. The van der Waals surface area contributed by atoms with E-state index in [1.807, 2.05) is 61.5 Å². The number of hydrogen-bond acceptors (Lipinski definition) is 7. The van der Waals surface area contributed by atoms with E-state index >= 15 is 0 Å². The fraction of sp³-hybridized carbons (Fsp3) is 0.457. The van der Waals surface area contributed by atoms with Crippen LogP contribution in [0.25, 0.3) is 0 Å². The molecule has 234 valence electrons. The van der Waals surface area contributed by atoms with Crippen molar-refractivity contribution < 1.29 is 19.1 Å². The van der Waals surface area contributed by atoms with E-state index in [0.29, 0.717) is 36.4 Å². The van der Waals surface area contributed by atoms with Gasteiger partial charge in [-0.15, -0.1) is 0 Å². The van der Waals surface area contributed by atoms with E-state index in [2.05, 4.69) is 34.3 Å². The number of nitrogens with one attached hydrogen (secondary N) is 2. The van der Waals surface area contributed by atoms with Gasteiger partial charge in [0.1, 0.15) is 23.9 Å². The number of amides is 2. The van der Waals surface area contributed by atoms with Gasteiger partial charge in [-0.2, -0.15) is 0 Å². The number of nitrogens with zero attached hydrogens (tertiary/aromatic N) is 3. The number of methoxy groups -OCH3 is 1. The Morgan fingerprint density at radius 3 is 2.43 bits per heavy atom. The predicted octanol–water partition coefficient (Wildman–Crippen LogP) is 4.98. The van der Waals surface area contributed by atoms with Crippen LogP contribution in [0.15, 0.2) is 60.8 Å². The zero-order valence-electron chi connectivity index (χ0n) is 26.3. The lowest BCUT2D eigenvalue weighted by Crippen LogP contribution is -2.50. The van der Waals surface area contributed by atoms with E-state index in [-0.39, 0.29) is 17.9 Å². The van der Waals surface area contributed by atoms with E-state index < -0.39 is 0 Å². The lowest BCUT2D eigenvalue weighted by molar-refractivity contribution is 0.0923. The molecule has 44 heavy (non-hydrogen) atoms. The number of piperidine rings is 1. The lowest BCUT2D eigenvalue weighted by atomic mass is 9.96. The molecule has 9 heteroatoms. The quantitative estimate of drug-likeness (QED) is 0.286. The summed E-state index contributed by atoms with van der Waals surface area (Å²) in [4.78, 5) is 35.4. The van der Waals surface area contributed by atoms with Gasteiger partial charge in [0.25, 0.3) is 11.8 Å². The van der Waals surface area contributed by atoms with Crippen molar-refractivity contribution in [3.63, 3.8) is 0 Å². The maximum absolute atomic E-state index is 13.1. The molecule has 3 atom stereocenters. The minimum Gasteiger partial charge on any atom is -0.496 e. The molecule has 0 saturated carbocycles. The molecule has 1 aromatic heterocycles. The third-order valence-corrected chi connectivity index (χ3v) is 9.01. The highest BCUT2D eigenvalue weighted by atomic mass is 16.5. The summed E-state index contributed by atoms with van der Waals surface area (Å²) >= 11 is 0. The van der Waals surface area contributed by atoms with E-state index in [0.717, 1.165) is 73.8 Å². The summed E-state index contributed by atoms with van der Waals surface area (Å²) in [6.07, 6.45) is 5.53. The number of carbonyl (C=O) groups excluding carboxylic acids is 2. The SMILES string of the molecule is CCN(CC)CCOc1cccc(CNC(=O)c2ccc(N3[C@@H]4CC[C@H]3C[C@@H](NC(=O)c3cccc(OC)c3C)C4)nc2)c1. The number of hydrogen-bond donors (Lipinski definition) is 2. The van der Waals surface area contributed by atoms with Crippen molar-refractivity contribution in [3.8, 4) is 11.5 Å². The Morgan fingerprint density at radius 1 is 1.00 bits per heavy atom. The molecule has 2 fully saturated rings.